The van der Waals surface area contributed by atoms with Crippen molar-refractivity contribution in [2.24, 2.45) is 0 Å². The van der Waals surface area contributed by atoms with Crippen molar-refractivity contribution in [3.05, 3.63) is 29.3 Å². The summed E-state index contributed by atoms with van der Waals surface area (Å²) in [5.74, 6) is 1.04. The summed E-state index contributed by atoms with van der Waals surface area (Å²) in [4.78, 5) is 2.48. The number of fused-ring (bicyclic) bond motifs is 1. The van der Waals surface area contributed by atoms with Crippen LogP contribution < -0.4 is 10.1 Å². The maximum atomic E-state index is 6.14. The van der Waals surface area contributed by atoms with Gasteiger partial charge in [-0.05, 0) is 59.4 Å². The SMILES string of the molecule is CCN(CC)CCCNC1CC(C)(C)Oc2ccc(C)cc21. The summed E-state index contributed by atoms with van der Waals surface area (Å²) < 4.78 is 6.14. The van der Waals surface area contributed by atoms with Crippen LogP contribution in [-0.2, 0) is 0 Å². The summed E-state index contributed by atoms with van der Waals surface area (Å²) in [7, 11) is 0. The fraction of sp³-hybridized carbons (Fsp3) is 0.684. The van der Waals surface area contributed by atoms with E-state index in [0.717, 1.165) is 31.8 Å². The highest BCUT2D eigenvalue weighted by molar-refractivity contribution is 5.41. The van der Waals surface area contributed by atoms with Crippen LogP contribution in [0.3, 0.4) is 0 Å². The van der Waals surface area contributed by atoms with Crippen molar-refractivity contribution < 1.29 is 4.74 Å². The molecule has 1 aromatic rings. The Hall–Kier alpha value is -1.06. The molecule has 3 nitrogen and oxygen atoms in total. The lowest BCUT2D eigenvalue weighted by molar-refractivity contribution is 0.0659. The number of nitrogens with one attached hydrogen (secondary N) is 1. The smallest absolute Gasteiger partial charge is 0.124 e. The number of benzene rings is 1. The number of aryl methyl sites for hydroxylation is 1. The van der Waals surface area contributed by atoms with E-state index in [4.69, 9.17) is 4.74 Å². The van der Waals surface area contributed by atoms with Crippen LogP contribution in [0.2, 0.25) is 0 Å². The molecule has 0 spiro atoms. The first-order valence-corrected chi connectivity index (χ1v) is 8.70. The van der Waals surface area contributed by atoms with Crippen molar-refractivity contribution in [2.75, 3.05) is 26.2 Å². The second kappa shape index (κ2) is 7.47. The van der Waals surface area contributed by atoms with Gasteiger partial charge < -0.3 is 15.0 Å². The first-order chi connectivity index (χ1) is 10.4. The molecule has 1 aromatic carbocycles. The fourth-order valence-electron chi connectivity index (χ4n) is 3.27. The van der Waals surface area contributed by atoms with E-state index in [1.807, 2.05) is 0 Å². The van der Waals surface area contributed by atoms with Gasteiger partial charge in [-0.15, -0.1) is 0 Å². The average molecular weight is 304 g/mol. The summed E-state index contributed by atoms with van der Waals surface area (Å²) in [5.41, 5.74) is 2.53. The Kier molecular flexibility index (Phi) is 5.87. The van der Waals surface area contributed by atoms with Crippen LogP contribution in [0.4, 0.5) is 0 Å². The van der Waals surface area contributed by atoms with Gasteiger partial charge in [-0.3, -0.25) is 0 Å². The first-order valence-electron chi connectivity index (χ1n) is 8.70. The van der Waals surface area contributed by atoms with Crippen LogP contribution >= 0.6 is 0 Å². The largest absolute Gasteiger partial charge is 0.487 e. The Morgan fingerprint density at radius 1 is 1.27 bits per heavy atom. The van der Waals surface area contributed by atoms with Crippen molar-refractivity contribution in [3.8, 4) is 5.75 Å². The Morgan fingerprint density at radius 2 is 2.00 bits per heavy atom. The minimum atomic E-state index is -0.0984. The molecule has 2 rings (SSSR count). The van der Waals surface area contributed by atoms with Crippen molar-refractivity contribution in [3.63, 3.8) is 0 Å². The molecule has 1 atom stereocenters. The van der Waals surface area contributed by atoms with Gasteiger partial charge in [-0.25, -0.2) is 0 Å². The second-order valence-corrected chi connectivity index (χ2v) is 6.99. The lowest BCUT2D eigenvalue weighted by Gasteiger charge is -2.38. The molecule has 0 saturated carbocycles. The normalized spacial score (nSPS) is 19.8. The number of nitrogens with zero attached hydrogens (tertiary/aromatic N) is 1. The van der Waals surface area contributed by atoms with Gasteiger partial charge in [-0.1, -0.05) is 31.5 Å². The highest BCUT2D eigenvalue weighted by Gasteiger charge is 2.33. The lowest BCUT2D eigenvalue weighted by atomic mass is 9.89. The van der Waals surface area contributed by atoms with E-state index in [1.165, 1.54) is 24.1 Å². The molecule has 124 valence electrons. The maximum Gasteiger partial charge on any atom is 0.124 e. The molecule has 1 N–H and O–H groups in total. The van der Waals surface area contributed by atoms with Gasteiger partial charge in [0.25, 0.3) is 0 Å². The molecule has 3 heteroatoms. The fourth-order valence-corrected chi connectivity index (χ4v) is 3.27. The quantitative estimate of drug-likeness (QED) is 0.773. The van der Waals surface area contributed by atoms with Crippen molar-refractivity contribution in [1.29, 1.82) is 0 Å². The molecule has 1 aliphatic heterocycles. The third-order valence-electron chi connectivity index (χ3n) is 4.56. The van der Waals surface area contributed by atoms with E-state index in [0.29, 0.717) is 6.04 Å². The molecular weight excluding hydrogens is 272 g/mol. The van der Waals surface area contributed by atoms with E-state index in [9.17, 15) is 0 Å². The van der Waals surface area contributed by atoms with Crippen LogP contribution in [0.25, 0.3) is 0 Å². The van der Waals surface area contributed by atoms with Gasteiger partial charge in [-0.2, -0.15) is 0 Å². The van der Waals surface area contributed by atoms with Crippen LogP contribution in [0, 0.1) is 6.92 Å². The zero-order valence-electron chi connectivity index (χ0n) is 14.9. The minimum absolute atomic E-state index is 0.0984. The topological polar surface area (TPSA) is 24.5 Å². The Labute approximate surface area is 136 Å². The van der Waals surface area contributed by atoms with E-state index in [-0.39, 0.29) is 5.60 Å². The number of hydrogen-bond donors (Lipinski definition) is 1. The Bertz CT molecular complexity index is 480. The zero-order chi connectivity index (χ0) is 16.2. The van der Waals surface area contributed by atoms with Gasteiger partial charge in [0, 0.05) is 18.0 Å². The summed E-state index contributed by atoms with van der Waals surface area (Å²) >= 11 is 0. The molecule has 0 aromatic heterocycles. The van der Waals surface area contributed by atoms with Crippen LogP contribution in [-0.4, -0.2) is 36.7 Å². The van der Waals surface area contributed by atoms with Crippen LogP contribution in [0.15, 0.2) is 18.2 Å². The Morgan fingerprint density at radius 3 is 2.68 bits per heavy atom. The standard InChI is InChI=1S/C19H32N2O/c1-6-21(7-2)12-8-11-20-17-14-19(4,5)22-18-10-9-15(3)13-16(17)18/h9-10,13,17,20H,6-8,11-12,14H2,1-5H3. The molecule has 1 heterocycles. The number of rotatable bonds is 7. The first kappa shape index (κ1) is 17.3. The second-order valence-electron chi connectivity index (χ2n) is 6.99. The molecule has 0 aliphatic carbocycles. The van der Waals surface area contributed by atoms with Gasteiger partial charge in [0.15, 0.2) is 0 Å². The maximum absolute atomic E-state index is 6.14. The van der Waals surface area contributed by atoms with Crippen LogP contribution in [0.1, 0.15) is 57.7 Å². The molecule has 0 radical (unpaired) electrons. The molecule has 0 amide bonds. The molecule has 1 aliphatic rings. The lowest BCUT2D eigenvalue weighted by Crippen LogP contribution is -2.40. The molecular formula is C19H32N2O. The minimum Gasteiger partial charge on any atom is -0.487 e. The van der Waals surface area contributed by atoms with Crippen molar-refractivity contribution >= 4 is 0 Å². The average Bonchev–Trinajstić information content (AvgIpc) is 2.47. The van der Waals surface area contributed by atoms with E-state index in [1.54, 1.807) is 0 Å². The van der Waals surface area contributed by atoms with E-state index < -0.39 is 0 Å². The van der Waals surface area contributed by atoms with Gasteiger partial charge in [0.05, 0.1) is 0 Å². The third-order valence-corrected chi connectivity index (χ3v) is 4.56. The summed E-state index contributed by atoms with van der Waals surface area (Å²) in [5, 5.41) is 3.76. The van der Waals surface area contributed by atoms with E-state index in [2.05, 4.69) is 63.0 Å². The molecule has 22 heavy (non-hydrogen) atoms. The van der Waals surface area contributed by atoms with Gasteiger partial charge in [0.1, 0.15) is 11.4 Å². The predicted molar refractivity (Wildman–Crippen MR) is 93.7 cm³/mol. The zero-order valence-corrected chi connectivity index (χ0v) is 14.9. The van der Waals surface area contributed by atoms with Gasteiger partial charge >= 0.3 is 0 Å². The summed E-state index contributed by atoms with van der Waals surface area (Å²) in [6.45, 7) is 15.5. The van der Waals surface area contributed by atoms with Gasteiger partial charge in [0.2, 0.25) is 0 Å². The Balaban J connectivity index is 1.97. The van der Waals surface area contributed by atoms with Crippen LogP contribution in [0.5, 0.6) is 5.75 Å². The predicted octanol–water partition coefficient (Wildman–Crippen LogP) is 3.92. The van der Waals surface area contributed by atoms with Crippen molar-refractivity contribution in [1.82, 2.24) is 10.2 Å². The highest BCUT2D eigenvalue weighted by Crippen LogP contribution is 2.39. The van der Waals surface area contributed by atoms with E-state index >= 15 is 0 Å². The summed E-state index contributed by atoms with van der Waals surface area (Å²) in [6, 6.07) is 6.93. The summed E-state index contributed by atoms with van der Waals surface area (Å²) in [6.07, 6.45) is 2.22. The molecule has 0 saturated heterocycles. The third kappa shape index (κ3) is 4.47. The molecule has 0 fully saturated rings. The molecule has 0 bridgehead atoms. The monoisotopic (exact) mass is 304 g/mol. The van der Waals surface area contributed by atoms with Crippen molar-refractivity contribution in [2.45, 2.75) is 59.1 Å². The number of hydrogen-bond acceptors (Lipinski definition) is 3. The highest BCUT2D eigenvalue weighted by atomic mass is 16.5. The number of ether oxygens (including phenoxy) is 1. The molecule has 1 unspecified atom stereocenters.